The standard InChI is InChI=1S/C33H49NO7/c1-6-33(4,5)31(37)40-27-16-21(3)30(41-32(38)34-19-22-10-8-7-9-11-22)26-14-12-20(2)25(29(26)27)15-13-24-17-23(35)18-28(36)39-24/h7-11,20-21,23-27,29-30,35H,6,12-19H2,1-5H3,(H,34,38)/t20-,21+,23+,24?,25-,26+,27-,29?,30+/m0/s1. The minimum atomic E-state index is -0.662. The van der Waals surface area contributed by atoms with Crippen molar-refractivity contribution in [3.63, 3.8) is 0 Å². The van der Waals surface area contributed by atoms with Crippen LogP contribution in [0.15, 0.2) is 30.3 Å². The van der Waals surface area contributed by atoms with E-state index in [1.807, 2.05) is 51.1 Å². The van der Waals surface area contributed by atoms with Gasteiger partial charge in [-0.25, -0.2) is 4.79 Å². The second kappa shape index (κ2) is 13.6. The quantitative estimate of drug-likeness (QED) is 0.285. The first-order valence-corrected chi connectivity index (χ1v) is 15.6. The van der Waals surface area contributed by atoms with Gasteiger partial charge in [0.25, 0.3) is 0 Å². The van der Waals surface area contributed by atoms with Crippen LogP contribution in [0.2, 0.25) is 0 Å². The van der Waals surface area contributed by atoms with E-state index in [0.29, 0.717) is 38.1 Å². The number of ether oxygens (including phenoxy) is 3. The van der Waals surface area contributed by atoms with Gasteiger partial charge in [0.1, 0.15) is 18.3 Å². The summed E-state index contributed by atoms with van der Waals surface area (Å²) in [6.07, 6.45) is 3.19. The first kappa shape index (κ1) is 31.3. The molecular formula is C33H49NO7. The van der Waals surface area contributed by atoms with Gasteiger partial charge in [0.05, 0.1) is 17.9 Å². The second-order valence-electron chi connectivity index (χ2n) is 13.3. The third kappa shape index (κ3) is 7.82. The summed E-state index contributed by atoms with van der Waals surface area (Å²) in [5.74, 6) is 0.175. The number of amides is 1. The maximum absolute atomic E-state index is 13.3. The van der Waals surface area contributed by atoms with Crippen LogP contribution in [-0.2, 0) is 30.3 Å². The summed E-state index contributed by atoms with van der Waals surface area (Å²) in [5, 5.41) is 13.0. The molecule has 4 rings (SSSR count). The fraction of sp³-hybridized carbons (Fsp3) is 0.727. The van der Waals surface area contributed by atoms with E-state index in [4.69, 9.17) is 14.2 Å². The van der Waals surface area contributed by atoms with Crippen LogP contribution in [0.5, 0.6) is 0 Å². The first-order valence-electron chi connectivity index (χ1n) is 15.6. The van der Waals surface area contributed by atoms with Gasteiger partial charge in [0.15, 0.2) is 0 Å². The summed E-state index contributed by atoms with van der Waals surface area (Å²) in [7, 11) is 0. The lowest BCUT2D eigenvalue weighted by molar-refractivity contribution is -0.183. The van der Waals surface area contributed by atoms with E-state index in [2.05, 4.69) is 19.2 Å². The lowest BCUT2D eigenvalue weighted by Gasteiger charge is -2.53. The summed E-state index contributed by atoms with van der Waals surface area (Å²) in [4.78, 5) is 38.2. The van der Waals surface area contributed by atoms with Crippen molar-refractivity contribution in [2.75, 3.05) is 0 Å². The normalized spacial score (nSPS) is 33.7. The zero-order chi connectivity index (χ0) is 29.7. The number of cyclic esters (lactones) is 1. The van der Waals surface area contributed by atoms with Crippen LogP contribution in [0.4, 0.5) is 4.79 Å². The number of alkyl carbamates (subject to hydrolysis) is 1. The summed E-state index contributed by atoms with van der Waals surface area (Å²) in [5.41, 5.74) is 0.427. The third-order valence-corrected chi connectivity index (χ3v) is 9.97. The van der Waals surface area contributed by atoms with Crippen LogP contribution in [-0.4, -0.2) is 47.6 Å². The molecule has 2 N–H and O–H groups in total. The fourth-order valence-electron chi connectivity index (χ4n) is 7.17. The average Bonchev–Trinajstić information content (AvgIpc) is 2.93. The fourth-order valence-corrected chi connectivity index (χ4v) is 7.17. The smallest absolute Gasteiger partial charge is 0.407 e. The van der Waals surface area contributed by atoms with Crippen LogP contribution in [0.25, 0.3) is 0 Å². The lowest BCUT2D eigenvalue weighted by atomic mass is 9.57. The number of hydrogen-bond donors (Lipinski definition) is 2. The Morgan fingerprint density at radius 1 is 1.05 bits per heavy atom. The van der Waals surface area contributed by atoms with Gasteiger partial charge in [-0.05, 0) is 69.3 Å². The van der Waals surface area contributed by atoms with Crippen molar-refractivity contribution in [2.45, 2.75) is 117 Å². The summed E-state index contributed by atoms with van der Waals surface area (Å²) < 4.78 is 18.0. The Morgan fingerprint density at radius 3 is 2.46 bits per heavy atom. The van der Waals surface area contributed by atoms with Gasteiger partial charge in [0, 0.05) is 24.8 Å². The van der Waals surface area contributed by atoms with Gasteiger partial charge in [-0.3, -0.25) is 9.59 Å². The zero-order valence-electron chi connectivity index (χ0n) is 25.3. The van der Waals surface area contributed by atoms with Crippen LogP contribution >= 0.6 is 0 Å². The molecule has 0 radical (unpaired) electrons. The predicted octanol–water partition coefficient (Wildman–Crippen LogP) is 5.79. The third-order valence-electron chi connectivity index (χ3n) is 9.97. The molecule has 0 spiro atoms. The topological polar surface area (TPSA) is 111 Å². The van der Waals surface area contributed by atoms with Crippen LogP contribution in [0.3, 0.4) is 0 Å². The molecule has 228 valence electrons. The summed E-state index contributed by atoms with van der Waals surface area (Å²) in [6, 6.07) is 9.75. The number of aliphatic hydroxyl groups is 1. The van der Waals surface area contributed by atoms with Crippen LogP contribution in [0.1, 0.15) is 91.5 Å². The van der Waals surface area contributed by atoms with Gasteiger partial charge in [0.2, 0.25) is 0 Å². The highest BCUT2D eigenvalue weighted by atomic mass is 16.6. The molecule has 1 aromatic rings. The number of nitrogens with one attached hydrogen (secondary N) is 1. The molecule has 1 aromatic carbocycles. The Bertz CT molecular complexity index is 1040. The Labute approximate surface area is 244 Å². The molecule has 2 saturated carbocycles. The minimum Gasteiger partial charge on any atom is -0.462 e. The molecule has 0 bridgehead atoms. The van der Waals surface area contributed by atoms with E-state index in [9.17, 15) is 19.5 Å². The van der Waals surface area contributed by atoms with Crippen molar-refractivity contribution in [1.29, 1.82) is 0 Å². The molecule has 2 unspecified atom stereocenters. The SMILES string of the molecule is CCC(C)(C)C(=O)O[C@H]1C[C@@H](C)[C@@H](OC(=O)NCc2ccccc2)[C@@H]2CC[C@H](C)[C@H](CCC3C[C@@H](O)CC(=O)O3)C12. The highest BCUT2D eigenvalue weighted by Gasteiger charge is 2.53. The average molecular weight is 572 g/mol. The van der Waals surface area contributed by atoms with Crippen LogP contribution in [0, 0.1) is 35.0 Å². The number of esters is 2. The molecule has 0 aromatic heterocycles. The Hall–Kier alpha value is -2.61. The number of rotatable bonds is 9. The van der Waals surface area contributed by atoms with E-state index >= 15 is 0 Å². The molecule has 1 saturated heterocycles. The largest absolute Gasteiger partial charge is 0.462 e. The van der Waals surface area contributed by atoms with Crippen molar-refractivity contribution < 1.29 is 33.7 Å². The molecule has 1 amide bonds. The van der Waals surface area contributed by atoms with Gasteiger partial charge >= 0.3 is 18.0 Å². The Balaban J connectivity index is 1.52. The van der Waals surface area contributed by atoms with Crippen molar-refractivity contribution in [2.24, 2.45) is 35.0 Å². The van der Waals surface area contributed by atoms with E-state index in [0.717, 1.165) is 24.8 Å². The van der Waals surface area contributed by atoms with Crippen molar-refractivity contribution in [1.82, 2.24) is 5.32 Å². The van der Waals surface area contributed by atoms with Crippen molar-refractivity contribution in [3.05, 3.63) is 35.9 Å². The molecule has 3 aliphatic rings. The number of fused-ring (bicyclic) bond motifs is 1. The maximum atomic E-state index is 13.3. The monoisotopic (exact) mass is 571 g/mol. The van der Waals surface area contributed by atoms with Gasteiger partial charge in [-0.15, -0.1) is 0 Å². The van der Waals surface area contributed by atoms with Gasteiger partial charge < -0.3 is 24.6 Å². The predicted molar refractivity (Wildman–Crippen MR) is 155 cm³/mol. The van der Waals surface area contributed by atoms with E-state index in [-0.39, 0.29) is 60.3 Å². The van der Waals surface area contributed by atoms with Gasteiger partial charge in [-0.2, -0.15) is 0 Å². The molecule has 41 heavy (non-hydrogen) atoms. The van der Waals surface area contributed by atoms with Crippen LogP contribution < -0.4 is 5.32 Å². The minimum absolute atomic E-state index is 0.0303. The second-order valence-corrected chi connectivity index (χ2v) is 13.3. The molecule has 9 atom stereocenters. The molecule has 3 fully saturated rings. The number of benzene rings is 1. The number of aliphatic hydroxyl groups excluding tert-OH is 1. The van der Waals surface area contributed by atoms with E-state index in [1.165, 1.54) is 0 Å². The first-order chi connectivity index (χ1) is 19.5. The molecule has 2 aliphatic carbocycles. The van der Waals surface area contributed by atoms with Gasteiger partial charge in [-0.1, -0.05) is 57.5 Å². The number of carbonyl (C=O) groups excluding carboxylic acids is 3. The zero-order valence-corrected chi connectivity index (χ0v) is 25.3. The number of carbonyl (C=O) groups is 3. The highest BCUT2D eigenvalue weighted by molar-refractivity contribution is 5.76. The number of hydrogen-bond acceptors (Lipinski definition) is 7. The molecular weight excluding hydrogens is 522 g/mol. The molecule has 8 heteroatoms. The maximum Gasteiger partial charge on any atom is 0.407 e. The van der Waals surface area contributed by atoms with E-state index < -0.39 is 17.6 Å². The molecule has 8 nitrogen and oxygen atoms in total. The Kier molecular flexibility index (Phi) is 10.4. The summed E-state index contributed by atoms with van der Waals surface area (Å²) in [6.45, 7) is 10.6. The lowest BCUT2D eigenvalue weighted by Crippen LogP contribution is -2.55. The molecule has 1 heterocycles. The summed E-state index contributed by atoms with van der Waals surface area (Å²) >= 11 is 0. The highest BCUT2D eigenvalue weighted by Crippen LogP contribution is 2.52. The molecule has 1 aliphatic heterocycles. The van der Waals surface area contributed by atoms with Crippen molar-refractivity contribution in [3.8, 4) is 0 Å². The van der Waals surface area contributed by atoms with E-state index in [1.54, 1.807) is 0 Å². The Morgan fingerprint density at radius 2 is 1.78 bits per heavy atom. The van der Waals surface area contributed by atoms with Crippen molar-refractivity contribution >= 4 is 18.0 Å².